The monoisotopic (exact) mass is 320 g/mol. The maximum absolute atomic E-state index is 11.2. The molecule has 1 heterocycles. The number of carbonyl (C=O) groups is 1. The van der Waals surface area contributed by atoms with Crippen LogP contribution >= 0.6 is 0 Å². The summed E-state index contributed by atoms with van der Waals surface area (Å²) < 4.78 is 4.66. The summed E-state index contributed by atoms with van der Waals surface area (Å²) in [5.74, 6) is -0.176. The average molecular weight is 320 g/mol. The minimum absolute atomic E-state index is 0.176. The Morgan fingerprint density at radius 3 is 2.62 bits per heavy atom. The molecule has 3 rings (SSSR count). The third-order valence-electron chi connectivity index (χ3n) is 4.00. The lowest BCUT2D eigenvalue weighted by Crippen LogP contribution is -2.03. The van der Waals surface area contributed by atoms with Crippen molar-refractivity contribution >= 4 is 22.6 Å². The molecule has 0 spiro atoms. The standard InChI is InChI=1S/C20H20N2O2/c1-24-20(23)12-11-15-7-9-16(10-8-15)14-22-19-6-2-5-18-17(19)4-3-13-21-18/h2-10,13,22H,11-12,14H2,1H3. The number of aromatic nitrogens is 1. The van der Waals surface area contributed by atoms with E-state index in [0.29, 0.717) is 12.8 Å². The molecule has 4 heteroatoms. The number of anilines is 1. The van der Waals surface area contributed by atoms with Gasteiger partial charge in [-0.1, -0.05) is 30.3 Å². The molecule has 0 radical (unpaired) electrons. The van der Waals surface area contributed by atoms with Crippen LogP contribution in [0, 0.1) is 0 Å². The van der Waals surface area contributed by atoms with Crippen molar-refractivity contribution in [3.8, 4) is 0 Å². The van der Waals surface area contributed by atoms with Gasteiger partial charge in [-0.3, -0.25) is 9.78 Å². The van der Waals surface area contributed by atoms with Gasteiger partial charge in [0.25, 0.3) is 0 Å². The van der Waals surface area contributed by atoms with Gasteiger partial charge in [0.1, 0.15) is 0 Å². The zero-order valence-corrected chi connectivity index (χ0v) is 13.7. The fraction of sp³-hybridized carbons (Fsp3) is 0.200. The fourth-order valence-corrected chi connectivity index (χ4v) is 2.63. The molecule has 0 bridgehead atoms. The van der Waals surface area contributed by atoms with Gasteiger partial charge in [-0.25, -0.2) is 0 Å². The van der Waals surface area contributed by atoms with Crippen molar-refractivity contribution in [3.05, 3.63) is 71.9 Å². The number of aryl methyl sites for hydroxylation is 1. The van der Waals surface area contributed by atoms with E-state index < -0.39 is 0 Å². The highest BCUT2D eigenvalue weighted by Crippen LogP contribution is 2.22. The van der Waals surface area contributed by atoms with Crippen molar-refractivity contribution in [1.82, 2.24) is 4.98 Å². The zero-order chi connectivity index (χ0) is 16.8. The number of hydrogen-bond acceptors (Lipinski definition) is 4. The number of nitrogens with one attached hydrogen (secondary N) is 1. The van der Waals surface area contributed by atoms with Crippen LogP contribution in [-0.4, -0.2) is 18.1 Å². The van der Waals surface area contributed by atoms with Gasteiger partial charge in [0.15, 0.2) is 0 Å². The summed E-state index contributed by atoms with van der Waals surface area (Å²) in [6.07, 6.45) is 2.92. The topological polar surface area (TPSA) is 51.2 Å². The Morgan fingerprint density at radius 2 is 1.83 bits per heavy atom. The van der Waals surface area contributed by atoms with Gasteiger partial charge in [-0.2, -0.15) is 0 Å². The van der Waals surface area contributed by atoms with Crippen LogP contribution in [0.4, 0.5) is 5.69 Å². The second-order valence-corrected chi connectivity index (χ2v) is 5.62. The first-order chi connectivity index (χ1) is 11.8. The van der Waals surface area contributed by atoms with Crippen molar-refractivity contribution in [2.24, 2.45) is 0 Å². The Balaban J connectivity index is 1.63. The van der Waals surface area contributed by atoms with E-state index in [1.807, 2.05) is 18.2 Å². The summed E-state index contributed by atoms with van der Waals surface area (Å²) in [7, 11) is 1.42. The van der Waals surface area contributed by atoms with Gasteiger partial charge in [-0.15, -0.1) is 0 Å². The van der Waals surface area contributed by atoms with Crippen LogP contribution in [0.2, 0.25) is 0 Å². The summed E-state index contributed by atoms with van der Waals surface area (Å²) in [6, 6.07) is 18.4. The molecule has 0 saturated heterocycles. The molecule has 0 aliphatic heterocycles. The van der Waals surface area contributed by atoms with Gasteiger partial charge >= 0.3 is 5.97 Å². The Labute approximate surface area is 141 Å². The minimum atomic E-state index is -0.176. The fourth-order valence-electron chi connectivity index (χ4n) is 2.63. The first-order valence-electron chi connectivity index (χ1n) is 7.98. The minimum Gasteiger partial charge on any atom is -0.469 e. The van der Waals surface area contributed by atoms with Crippen LogP contribution in [0.25, 0.3) is 10.9 Å². The van der Waals surface area contributed by atoms with E-state index in [1.165, 1.54) is 12.7 Å². The van der Waals surface area contributed by atoms with Crippen LogP contribution in [-0.2, 0) is 22.5 Å². The van der Waals surface area contributed by atoms with Crippen molar-refractivity contribution in [1.29, 1.82) is 0 Å². The van der Waals surface area contributed by atoms with Gasteiger partial charge in [-0.05, 0) is 41.8 Å². The van der Waals surface area contributed by atoms with Crippen LogP contribution < -0.4 is 5.32 Å². The molecule has 0 aliphatic carbocycles. The molecule has 2 aromatic carbocycles. The predicted molar refractivity (Wildman–Crippen MR) is 95.8 cm³/mol. The number of rotatable bonds is 6. The molecular weight excluding hydrogens is 300 g/mol. The van der Waals surface area contributed by atoms with Crippen LogP contribution in [0.1, 0.15) is 17.5 Å². The molecule has 24 heavy (non-hydrogen) atoms. The van der Waals surface area contributed by atoms with Crippen LogP contribution in [0.3, 0.4) is 0 Å². The number of carbonyl (C=O) groups excluding carboxylic acids is 1. The largest absolute Gasteiger partial charge is 0.469 e. The number of nitrogens with zero attached hydrogens (tertiary/aromatic N) is 1. The third kappa shape index (κ3) is 3.90. The van der Waals surface area contributed by atoms with Crippen molar-refractivity contribution in [2.75, 3.05) is 12.4 Å². The van der Waals surface area contributed by atoms with E-state index >= 15 is 0 Å². The average Bonchev–Trinajstić information content (AvgIpc) is 2.65. The molecule has 1 N–H and O–H groups in total. The zero-order valence-electron chi connectivity index (χ0n) is 13.7. The Kier molecular flexibility index (Phi) is 5.06. The van der Waals surface area contributed by atoms with Crippen LogP contribution in [0.15, 0.2) is 60.8 Å². The van der Waals surface area contributed by atoms with Crippen molar-refractivity contribution < 1.29 is 9.53 Å². The summed E-state index contributed by atoms with van der Waals surface area (Å²) in [4.78, 5) is 15.6. The highest BCUT2D eigenvalue weighted by atomic mass is 16.5. The summed E-state index contributed by atoms with van der Waals surface area (Å²) in [5, 5.41) is 4.59. The lowest BCUT2D eigenvalue weighted by atomic mass is 10.1. The highest BCUT2D eigenvalue weighted by Gasteiger charge is 2.03. The van der Waals surface area contributed by atoms with Gasteiger partial charge in [0.05, 0.1) is 12.6 Å². The van der Waals surface area contributed by atoms with E-state index in [4.69, 9.17) is 0 Å². The van der Waals surface area contributed by atoms with Crippen molar-refractivity contribution in [3.63, 3.8) is 0 Å². The molecule has 0 amide bonds. The lowest BCUT2D eigenvalue weighted by molar-refractivity contribution is -0.140. The molecule has 122 valence electrons. The number of fused-ring (bicyclic) bond motifs is 1. The van der Waals surface area contributed by atoms with E-state index in [9.17, 15) is 4.79 Å². The molecule has 1 aromatic heterocycles. The number of benzene rings is 2. The molecular formula is C20H20N2O2. The molecule has 0 fully saturated rings. The Morgan fingerprint density at radius 1 is 1.04 bits per heavy atom. The maximum Gasteiger partial charge on any atom is 0.305 e. The number of hydrogen-bond donors (Lipinski definition) is 1. The van der Waals surface area contributed by atoms with E-state index in [0.717, 1.165) is 28.7 Å². The molecule has 0 atom stereocenters. The first kappa shape index (κ1) is 16.0. The smallest absolute Gasteiger partial charge is 0.305 e. The molecule has 0 aliphatic rings. The van der Waals surface area contributed by atoms with E-state index in [-0.39, 0.29) is 5.97 Å². The number of esters is 1. The Bertz CT molecular complexity index is 823. The highest BCUT2D eigenvalue weighted by molar-refractivity contribution is 5.91. The number of methoxy groups -OCH3 is 1. The number of pyridine rings is 1. The third-order valence-corrected chi connectivity index (χ3v) is 4.00. The molecule has 0 saturated carbocycles. The first-order valence-corrected chi connectivity index (χ1v) is 7.98. The van der Waals surface area contributed by atoms with Gasteiger partial charge in [0.2, 0.25) is 0 Å². The van der Waals surface area contributed by atoms with Gasteiger partial charge in [0, 0.05) is 30.2 Å². The normalized spacial score (nSPS) is 10.5. The summed E-state index contributed by atoms with van der Waals surface area (Å²) in [5.41, 5.74) is 4.40. The van der Waals surface area contributed by atoms with Gasteiger partial charge < -0.3 is 10.1 Å². The van der Waals surface area contributed by atoms with Crippen molar-refractivity contribution in [2.45, 2.75) is 19.4 Å². The quantitative estimate of drug-likeness (QED) is 0.699. The second kappa shape index (κ2) is 7.59. The van der Waals surface area contributed by atoms with Crippen LogP contribution in [0.5, 0.6) is 0 Å². The van der Waals surface area contributed by atoms with E-state index in [2.05, 4.69) is 51.4 Å². The summed E-state index contributed by atoms with van der Waals surface area (Å²) in [6.45, 7) is 0.741. The SMILES string of the molecule is COC(=O)CCc1ccc(CNc2cccc3ncccc23)cc1. The molecule has 4 nitrogen and oxygen atoms in total. The molecule has 3 aromatic rings. The second-order valence-electron chi connectivity index (χ2n) is 5.62. The Hall–Kier alpha value is -2.88. The lowest BCUT2D eigenvalue weighted by Gasteiger charge is -2.10. The number of ether oxygens (including phenoxy) is 1. The van der Waals surface area contributed by atoms with E-state index in [1.54, 1.807) is 6.20 Å². The summed E-state index contributed by atoms with van der Waals surface area (Å²) >= 11 is 0. The maximum atomic E-state index is 11.2. The molecule has 0 unspecified atom stereocenters. The predicted octanol–water partition coefficient (Wildman–Crippen LogP) is 3.95.